The summed E-state index contributed by atoms with van der Waals surface area (Å²) in [6.07, 6.45) is 7.74. The van der Waals surface area contributed by atoms with Crippen LogP contribution < -0.4 is 5.32 Å². The summed E-state index contributed by atoms with van der Waals surface area (Å²) < 4.78 is 1.65. The Kier molecular flexibility index (Phi) is 11.0. The molecule has 0 atom stereocenters. The molecule has 1 N–H and O–H groups in total. The van der Waals surface area contributed by atoms with Crippen LogP contribution in [0, 0.1) is 0 Å². The van der Waals surface area contributed by atoms with Gasteiger partial charge in [-0.15, -0.1) is 0 Å². The van der Waals surface area contributed by atoms with E-state index in [9.17, 15) is 9.59 Å². The second kappa shape index (κ2) is 14.4. The minimum atomic E-state index is -0.252. The minimum absolute atomic E-state index is 0.0160. The molecule has 3 aromatic rings. The van der Waals surface area contributed by atoms with Gasteiger partial charge in [-0.3, -0.25) is 9.59 Å². The number of nitrogens with one attached hydrogen (secondary N) is 1. The summed E-state index contributed by atoms with van der Waals surface area (Å²) in [6.45, 7) is 4.86. The van der Waals surface area contributed by atoms with Gasteiger partial charge in [0.1, 0.15) is 5.82 Å². The molecule has 0 bridgehead atoms. The molecule has 6 nitrogen and oxygen atoms in total. The first kappa shape index (κ1) is 27.5. The number of unbranched alkanes of at least 4 members (excludes halogenated alkanes) is 5. The van der Waals surface area contributed by atoms with E-state index in [1.807, 2.05) is 54.6 Å². The summed E-state index contributed by atoms with van der Waals surface area (Å²) in [4.78, 5) is 27.7. The smallest absolute Gasteiger partial charge is 0.245 e. The molecule has 0 fully saturated rings. The van der Waals surface area contributed by atoms with Crippen LogP contribution in [0.5, 0.6) is 0 Å². The molecule has 192 valence electrons. The molecule has 36 heavy (non-hydrogen) atoms. The topological polar surface area (TPSA) is 67.2 Å². The first-order valence-corrected chi connectivity index (χ1v) is 13.4. The molecule has 0 unspecified atom stereocenters. The van der Waals surface area contributed by atoms with Crippen molar-refractivity contribution in [3.8, 4) is 16.9 Å². The van der Waals surface area contributed by atoms with Gasteiger partial charge in [0.2, 0.25) is 11.8 Å². The van der Waals surface area contributed by atoms with Crippen LogP contribution in [-0.2, 0) is 9.59 Å². The highest BCUT2D eigenvalue weighted by atomic mass is 35.5. The van der Waals surface area contributed by atoms with Crippen LogP contribution in [0.25, 0.3) is 16.9 Å². The van der Waals surface area contributed by atoms with Gasteiger partial charge < -0.3 is 10.2 Å². The van der Waals surface area contributed by atoms with E-state index in [-0.39, 0.29) is 18.4 Å². The van der Waals surface area contributed by atoms with Gasteiger partial charge in [0.25, 0.3) is 0 Å². The predicted molar refractivity (Wildman–Crippen MR) is 148 cm³/mol. The van der Waals surface area contributed by atoms with E-state index in [0.717, 1.165) is 43.4 Å². The maximum absolute atomic E-state index is 13.1. The van der Waals surface area contributed by atoms with E-state index in [1.54, 1.807) is 15.6 Å². The fourth-order valence-corrected chi connectivity index (χ4v) is 4.28. The summed E-state index contributed by atoms with van der Waals surface area (Å²) in [5.41, 5.74) is 2.32. The number of para-hydroxylation sites is 1. The SMILES string of the molecule is CCCCCCCC(=O)N(CCCC)CC(=O)Nc1cc(-c2ccccc2)nn1-c1ccccc1Cl. The predicted octanol–water partition coefficient (Wildman–Crippen LogP) is 7.12. The molecular formula is C29H37ClN4O2. The molecule has 2 amide bonds. The summed E-state index contributed by atoms with van der Waals surface area (Å²) in [6, 6.07) is 19.0. The van der Waals surface area contributed by atoms with Gasteiger partial charge in [-0.1, -0.05) is 100 Å². The van der Waals surface area contributed by atoms with Gasteiger partial charge in [-0.05, 0) is 25.0 Å². The first-order chi connectivity index (χ1) is 17.5. The van der Waals surface area contributed by atoms with E-state index in [2.05, 4.69) is 19.2 Å². The molecule has 0 saturated heterocycles. The Morgan fingerprint density at radius 2 is 1.61 bits per heavy atom. The average Bonchev–Trinajstić information content (AvgIpc) is 3.30. The Labute approximate surface area is 219 Å². The summed E-state index contributed by atoms with van der Waals surface area (Å²) in [7, 11) is 0. The first-order valence-electron chi connectivity index (χ1n) is 13.0. The third-order valence-corrected chi connectivity index (χ3v) is 6.41. The number of anilines is 1. The lowest BCUT2D eigenvalue weighted by Gasteiger charge is -2.22. The monoisotopic (exact) mass is 508 g/mol. The van der Waals surface area contributed by atoms with Crippen molar-refractivity contribution in [2.24, 2.45) is 0 Å². The van der Waals surface area contributed by atoms with Crippen molar-refractivity contribution < 1.29 is 9.59 Å². The summed E-state index contributed by atoms with van der Waals surface area (Å²) >= 11 is 6.46. The third-order valence-electron chi connectivity index (χ3n) is 6.09. The molecule has 0 radical (unpaired) electrons. The number of halogens is 1. The van der Waals surface area contributed by atoms with Gasteiger partial charge >= 0.3 is 0 Å². The number of carbonyl (C=O) groups excluding carboxylic acids is 2. The lowest BCUT2D eigenvalue weighted by atomic mass is 10.1. The van der Waals surface area contributed by atoms with E-state index in [4.69, 9.17) is 16.7 Å². The van der Waals surface area contributed by atoms with Gasteiger partial charge in [-0.2, -0.15) is 5.10 Å². The number of aromatic nitrogens is 2. The van der Waals surface area contributed by atoms with Gasteiger partial charge in [0.05, 0.1) is 22.9 Å². The van der Waals surface area contributed by atoms with E-state index in [1.165, 1.54) is 12.8 Å². The second-order valence-corrected chi connectivity index (χ2v) is 9.43. The van der Waals surface area contributed by atoms with E-state index < -0.39 is 0 Å². The number of amides is 2. The Bertz CT molecular complexity index is 1110. The molecule has 1 heterocycles. The normalized spacial score (nSPS) is 10.9. The number of nitrogens with zero attached hydrogens (tertiary/aromatic N) is 3. The summed E-state index contributed by atoms with van der Waals surface area (Å²) in [5, 5.41) is 8.24. The summed E-state index contributed by atoms with van der Waals surface area (Å²) in [5.74, 6) is 0.298. The van der Waals surface area contributed by atoms with Crippen molar-refractivity contribution in [1.82, 2.24) is 14.7 Å². The number of rotatable bonds is 14. The van der Waals surface area contributed by atoms with Crippen LogP contribution >= 0.6 is 11.6 Å². The zero-order valence-corrected chi connectivity index (χ0v) is 22.1. The molecule has 0 aliphatic heterocycles. The number of benzene rings is 2. The minimum Gasteiger partial charge on any atom is -0.333 e. The maximum Gasteiger partial charge on any atom is 0.245 e. The van der Waals surface area contributed by atoms with Crippen molar-refractivity contribution in [3.05, 3.63) is 65.7 Å². The highest BCUT2D eigenvalue weighted by molar-refractivity contribution is 6.32. The Hall–Kier alpha value is -3.12. The van der Waals surface area contributed by atoms with Crippen molar-refractivity contribution >= 4 is 29.2 Å². The zero-order chi connectivity index (χ0) is 25.8. The number of carbonyl (C=O) groups is 2. The van der Waals surface area contributed by atoms with Crippen molar-refractivity contribution in [1.29, 1.82) is 0 Å². The third kappa shape index (κ3) is 7.95. The Balaban J connectivity index is 1.76. The van der Waals surface area contributed by atoms with Crippen molar-refractivity contribution in [2.75, 3.05) is 18.4 Å². The largest absolute Gasteiger partial charge is 0.333 e. The van der Waals surface area contributed by atoms with Crippen LogP contribution in [0.2, 0.25) is 5.02 Å². The van der Waals surface area contributed by atoms with Crippen LogP contribution in [0.3, 0.4) is 0 Å². The molecule has 1 aromatic heterocycles. The zero-order valence-electron chi connectivity index (χ0n) is 21.4. The highest BCUT2D eigenvalue weighted by Gasteiger charge is 2.20. The van der Waals surface area contributed by atoms with E-state index >= 15 is 0 Å². The number of hydrogen-bond donors (Lipinski definition) is 1. The molecule has 0 aliphatic rings. The van der Waals surface area contributed by atoms with Crippen molar-refractivity contribution in [3.63, 3.8) is 0 Å². The lowest BCUT2D eigenvalue weighted by Crippen LogP contribution is -2.38. The van der Waals surface area contributed by atoms with E-state index in [0.29, 0.717) is 29.5 Å². The quantitative estimate of drug-likeness (QED) is 0.236. The molecule has 2 aromatic carbocycles. The Morgan fingerprint density at radius 1 is 0.917 bits per heavy atom. The highest BCUT2D eigenvalue weighted by Crippen LogP contribution is 2.28. The second-order valence-electron chi connectivity index (χ2n) is 9.03. The molecule has 0 aliphatic carbocycles. The number of hydrogen-bond acceptors (Lipinski definition) is 3. The van der Waals surface area contributed by atoms with Crippen LogP contribution in [0.4, 0.5) is 5.82 Å². The fourth-order valence-electron chi connectivity index (χ4n) is 4.06. The van der Waals surface area contributed by atoms with Gasteiger partial charge in [-0.25, -0.2) is 4.68 Å². The van der Waals surface area contributed by atoms with Gasteiger partial charge in [0, 0.05) is 24.6 Å². The fraction of sp³-hybridized carbons (Fsp3) is 0.414. The van der Waals surface area contributed by atoms with Gasteiger partial charge in [0.15, 0.2) is 0 Å². The van der Waals surface area contributed by atoms with Crippen LogP contribution in [0.1, 0.15) is 65.2 Å². The lowest BCUT2D eigenvalue weighted by molar-refractivity contribution is -0.134. The average molecular weight is 509 g/mol. The Morgan fingerprint density at radius 3 is 2.33 bits per heavy atom. The molecule has 0 saturated carbocycles. The molecular weight excluding hydrogens is 472 g/mol. The molecule has 7 heteroatoms. The van der Waals surface area contributed by atoms with Crippen LogP contribution in [0.15, 0.2) is 60.7 Å². The maximum atomic E-state index is 13.1. The standard InChI is InChI=1S/C29H37ClN4O2/c1-3-5-7-8-12-19-29(36)33(20-6-4-2)22-28(35)31-27-21-25(23-15-10-9-11-16-23)32-34(27)26-18-14-13-17-24(26)30/h9-11,13-18,21H,3-8,12,19-20,22H2,1-2H3,(H,31,35). The molecule has 0 spiro atoms. The van der Waals surface area contributed by atoms with Crippen molar-refractivity contribution in [2.45, 2.75) is 65.2 Å². The van der Waals surface area contributed by atoms with Crippen LogP contribution in [-0.4, -0.2) is 39.6 Å². The molecule has 3 rings (SSSR count).